The van der Waals surface area contributed by atoms with Crippen LogP contribution in [0.1, 0.15) is 0 Å². The summed E-state index contributed by atoms with van der Waals surface area (Å²) < 4.78 is 6.20. The number of rotatable bonds is 5. The Labute approximate surface area is 249 Å². The molecule has 0 atom stereocenters. The summed E-state index contributed by atoms with van der Waals surface area (Å²) in [4.78, 5) is 14.8. The van der Waals surface area contributed by atoms with Crippen LogP contribution in [0.3, 0.4) is 0 Å². The van der Waals surface area contributed by atoms with E-state index in [9.17, 15) is 0 Å². The van der Waals surface area contributed by atoms with Crippen molar-refractivity contribution in [1.29, 1.82) is 0 Å². The standard InChI is InChI=1S/C39H25N3O/c1-4-12-26(13-5-1)35-25-36(41-38(40-35)27-14-6-2-7-15-27)33-22-21-30(31-18-10-11-19-32(31)33)29-20-23-34-37(24-29)43-39(42-34)28-16-8-3-9-17-28/h1-25H. The highest BCUT2D eigenvalue weighted by Gasteiger charge is 2.16. The van der Waals surface area contributed by atoms with Gasteiger partial charge in [0.25, 0.3) is 0 Å². The summed E-state index contributed by atoms with van der Waals surface area (Å²) in [5.41, 5.74) is 9.64. The van der Waals surface area contributed by atoms with Gasteiger partial charge in [-0.15, -0.1) is 0 Å². The van der Waals surface area contributed by atoms with Crippen molar-refractivity contribution in [3.05, 3.63) is 152 Å². The van der Waals surface area contributed by atoms with Crippen LogP contribution >= 0.6 is 0 Å². The van der Waals surface area contributed by atoms with E-state index in [1.165, 1.54) is 0 Å². The number of fused-ring (bicyclic) bond motifs is 2. The lowest BCUT2D eigenvalue weighted by molar-refractivity contribution is 0.620. The van der Waals surface area contributed by atoms with Crippen LogP contribution in [0.2, 0.25) is 0 Å². The average Bonchev–Trinajstić information content (AvgIpc) is 3.52. The zero-order valence-corrected chi connectivity index (χ0v) is 23.2. The molecule has 0 radical (unpaired) electrons. The topological polar surface area (TPSA) is 51.8 Å². The molecule has 0 aliphatic carbocycles. The first-order chi connectivity index (χ1) is 21.3. The Balaban J connectivity index is 1.28. The molecule has 0 amide bonds. The smallest absolute Gasteiger partial charge is 0.227 e. The summed E-state index contributed by atoms with van der Waals surface area (Å²) in [6.07, 6.45) is 0. The molecule has 4 heteroatoms. The molecular formula is C39H25N3O. The molecule has 0 aliphatic rings. The molecule has 0 aliphatic heterocycles. The lowest BCUT2D eigenvalue weighted by atomic mass is 9.93. The van der Waals surface area contributed by atoms with Gasteiger partial charge in [0.1, 0.15) is 5.52 Å². The highest BCUT2D eigenvalue weighted by atomic mass is 16.3. The van der Waals surface area contributed by atoms with Crippen LogP contribution < -0.4 is 0 Å². The minimum Gasteiger partial charge on any atom is -0.436 e. The third-order valence-electron chi connectivity index (χ3n) is 7.75. The number of oxazole rings is 1. The lowest BCUT2D eigenvalue weighted by Crippen LogP contribution is -1.96. The van der Waals surface area contributed by atoms with Crippen molar-refractivity contribution in [2.75, 3.05) is 0 Å². The van der Waals surface area contributed by atoms with Gasteiger partial charge in [-0.2, -0.15) is 0 Å². The Morgan fingerprint density at radius 2 is 0.977 bits per heavy atom. The van der Waals surface area contributed by atoms with Gasteiger partial charge in [0, 0.05) is 22.3 Å². The van der Waals surface area contributed by atoms with Crippen LogP contribution in [-0.2, 0) is 0 Å². The molecule has 2 aromatic heterocycles. The van der Waals surface area contributed by atoms with Crippen molar-refractivity contribution in [2.45, 2.75) is 0 Å². The first-order valence-corrected chi connectivity index (χ1v) is 14.3. The molecule has 0 saturated carbocycles. The van der Waals surface area contributed by atoms with Crippen molar-refractivity contribution >= 4 is 21.9 Å². The van der Waals surface area contributed by atoms with Crippen LogP contribution in [0.4, 0.5) is 0 Å². The fraction of sp³-hybridized carbons (Fsp3) is 0. The third-order valence-corrected chi connectivity index (χ3v) is 7.75. The molecule has 8 aromatic rings. The molecule has 0 fully saturated rings. The zero-order chi connectivity index (χ0) is 28.6. The lowest BCUT2D eigenvalue weighted by Gasteiger charge is -2.14. The molecule has 202 valence electrons. The van der Waals surface area contributed by atoms with Gasteiger partial charge in [-0.05, 0) is 52.2 Å². The molecular weight excluding hydrogens is 526 g/mol. The summed E-state index contributed by atoms with van der Waals surface area (Å²) in [6.45, 7) is 0. The maximum Gasteiger partial charge on any atom is 0.227 e. The van der Waals surface area contributed by atoms with Crippen LogP contribution in [0.5, 0.6) is 0 Å². The molecule has 0 unspecified atom stereocenters. The number of hydrogen-bond donors (Lipinski definition) is 0. The molecule has 43 heavy (non-hydrogen) atoms. The number of hydrogen-bond acceptors (Lipinski definition) is 4. The fourth-order valence-electron chi connectivity index (χ4n) is 5.63. The summed E-state index contributed by atoms with van der Waals surface area (Å²) >= 11 is 0. The fourth-order valence-corrected chi connectivity index (χ4v) is 5.63. The Bertz CT molecular complexity index is 2170. The summed E-state index contributed by atoms with van der Waals surface area (Å²) in [5.74, 6) is 1.33. The van der Waals surface area contributed by atoms with Gasteiger partial charge in [-0.25, -0.2) is 15.0 Å². The first-order valence-electron chi connectivity index (χ1n) is 14.3. The predicted molar refractivity (Wildman–Crippen MR) is 174 cm³/mol. The molecule has 0 saturated heterocycles. The Morgan fingerprint density at radius 1 is 0.395 bits per heavy atom. The molecule has 4 nitrogen and oxygen atoms in total. The second kappa shape index (κ2) is 10.5. The van der Waals surface area contributed by atoms with E-state index < -0.39 is 0 Å². The minimum atomic E-state index is 0.625. The van der Waals surface area contributed by atoms with Crippen LogP contribution in [0.15, 0.2) is 156 Å². The Hall–Kier alpha value is -5.87. The van der Waals surface area contributed by atoms with Crippen molar-refractivity contribution in [2.24, 2.45) is 0 Å². The van der Waals surface area contributed by atoms with Crippen LogP contribution in [0.25, 0.3) is 78.4 Å². The van der Waals surface area contributed by atoms with Gasteiger partial charge in [0.2, 0.25) is 5.89 Å². The van der Waals surface area contributed by atoms with E-state index >= 15 is 0 Å². The van der Waals surface area contributed by atoms with E-state index in [-0.39, 0.29) is 0 Å². The first kappa shape index (κ1) is 24.9. The number of nitrogens with zero attached hydrogens (tertiary/aromatic N) is 3. The van der Waals surface area contributed by atoms with Crippen LogP contribution in [0, 0.1) is 0 Å². The maximum atomic E-state index is 6.20. The zero-order valence-electron chi connectivity index (χ0n) is 23.2. The highest BCUT2D eigenvalue weighted by Crippen LogP contribution is 2.38. The second-order valence-electron chi connectivity index (χ2n) is 10.5. The highest BCUT2D eigenvalue weighted by molar-refractivity contribution is 6.05. The van der Waals surface area contributed by atoms with Crippen molar-refractivity contribution in [1.82, 2.24) is 15.0 Å². The van der Waals surface area contributed by atoms with Crippen molar-refractivity contribution in [3.63, 3.8) is 0 Å². The third kappa shape index (κ3) is 4.65. The largest absolute Gasteiger partial charge is 0.436 e. The summed E-state index contributed by atoms with van der Waals surface area (Å²) in [5, 5.41) is 2.27. The number of benzene rings is 6. The monoisotopic (exact) mass is 551 g/mol. The summed E-state index contributed by atoms with van der Waals surface area (Å²) in [7, 11) is 0. The van der Waals surface area contributed by atoms with Crippen molar-refractivity contribution in [3.8, 4) is 56.5 Å². The van der Waals surface area contributed by atoms with Gasteiger partial charge in [0.05, 0.1) is 11.4 Å². The molecule has 6 aromatic carbocycles. The normalized spacial score (nSPS) is 11.3. The minimum absolute atomic E-state index is 0.625. The maximum absolute atomic E-state index is 6.20. The Morgan fingerprint density at radius 3 is 1.70 bits per heavy atom. The predicted octanol–water partition coefficient (Wildman–Crippen LogP) is 10.1. The Kier molecular flexibility index (Phi) is 6.08. The second-order valence-corrected chi connectivity index (χ2v) is 10.5. The van der Waals surface area contributed by atoms with E-state index in [4.69, 9.17) is 19.4 Å². The molecule has 0 N–H and O–H groups in total. The number of aromatic nitrogens is 3. The van der Waals surface area contributed by atoms with Crippen molar-refractivity contribution < 1.29 is 4.42 Å². The van der Waals surface area contributed by atoms with Gasteiger partial charge in [0.15, 0.2) is 11.4 Å². The quantitative estimate of drug-likeness (QED) is 0.214. The summed E-state index contributed by atoms with van der Waals surface area (Å²) in [6, 6.07) is 51.6. The molecule has 0 bridgehead atoms. The van der Waals surface area contributed by atoms with E-state index in [0.29, 0.717) is 11.7 Å². The van der Waals surface area contributed by atoms with E-state index in [2.05, 4.69) is 78.9 Å². The van der Waals surface area contributed by atoms with E-state index in [1.54, 1.807) is 0 Å². The van der Waals surface area contributed by atoms with Gasteiger partial charge in [-0.1, -0.05) is 121 Å². The molecule has 8 rings (SSSR count). The van der Waals surface area contributed by atoms with Gasteiger partial charge >= 0.3 is 0 Å². The van der Waals surface area contributed by atoms with E-state index in [0.717, 1.165) is 66.6 Å². The van der Waals surface area contributed by atoms with Gasteiger partial charge < -0.3 is 4.42 Å². The SMILES string of the molecule is c1ccc(-c2cc(-c3ccc(-c4ccc5nc(-c6ccccc6)oc5c4)c4ccccc34)nc(-c3ccccc3)n2)cc1. The molecule has 2 heterocycles. The van der Waals surface area contributed by atoms with Gasteiger partial charge in [-0.3, -0.25) is 0 Å². The average molecular weight is 552 g/mol. The van der Waals surface area contributed by atoms with E-state index in [1.807, 2.05) is 72.8 Å². The molecule has 0 spiro atoms. The van der Waals surface area contributed by atoms with Crippen LogP contribution in [-0.4, -0.2) is 15.0 Å².